The van der Waals surface area contributed by atoms with E-state index < -0.39 is 0 Å². The number of amides is 1. The van der Waals surface area contributed by atoms with E-state index in [-0.39, 0.29) is 11.9 Å². The van der Waals surface area contributed by atoms with E-state index in [1.807, 2.05) is 4.90 Å². The number of nitrogens with zero attached hydrogens (tertiary/aromatic N) is 1. The Balaban J connectivity index is 2.00. The summed E-state index contributed by atoms with van der Waals surface area (Å²) in [7, 11) is 0. The van der Waals surface area contributed by atoms with Crippen molar-refractivity contribution in [1.29, 1.82) is 0 Å². The fourth-order valence-corrected chi connectivity index (χ4v) is 3.30. The van der Waals surface area contributed by atoms with Gasteiger partial charge < -0.3 is 10.2 Å². The molecule has 3 unspecified atom stereocenters. The molecule has 2 fully saturated rings. The van der Waals surface area contributed by atoms with Crippen molar-refractivity contribution in [3.05, 3.63) is 0 Å². The lowest BCUT2D eigenvalue weighted by Crippen LogP contribution is -2.46. The zero-order valence-electron chi connectivity index (χ0n) is 10.6. The largest absolute Gasteiger partial charge is 0.330 e. The van der Waals surface area contributed by atoms with E-state index in [4.69, 9.17) is 6.42 Å². The smallest absolute Gasteiger partial charge is 0.240 e. The van der Waals surface area contributed by atoms with Gasteiger partial charge in [0.25, 0.3) is 0 Å². The fraction of sp³-hybridized carbons (Fsp3) is 0.786. The van der Waals surface area contributed by atoms with Crippen molar-refractivity contribution in [2.24, 2.45) is 11.8 Å². The summed E-state index contributed by atoms with van der Waals surface area (Å²) in [6.07, 6.45) is 10.1. The molecule has 94 valence electrons. The van der Waals surface area contributed by atoms with E-state index in [1.54, 1.807) is 0 Å². The number of hydrogen-bond donors (Lipinski definition) is 1. The number of fused-ring (bicyclic) bond motifs is 1. The van der Waals surface area contributed by atoms with E-state index in [0.717, 1.165) is 25.4 Å². The number of hydrogen-bond acceptors (Lipinski definition) is 2. The summed E-state index contributed by atoms with van der Waals surface area (Å²) in [5.41, 5.74) is 0. The van der Waals surface area contributed by atoms with Crippen molar-refractivity contribution in [1.82, 2.24) is 10.2 Å². The highest BCUT2D eigenvalue weighted by Gasteiger charge is 2.43. The van der Waals surface area contributed by atoms with Crippen LogP contribution in [0, 0.1) is 24.2 Å². The second-order valence-corrected chi connectivity index (χ2v) is 5.20. The van der Waals surface area contributed by atoms with Gasteiger partial charge in [-0.05, 0) is 37.6 Å². The van der Waals surface area contributed by atoms with Gasteiger partial charge in [0.1, 0.15) is 0 Å². The van der Waals surface area contributed by atoms with Crippen molar-refractivity contribution in [2.75, 3.05) is 19.6 Å². The Morgan fingerprint density at radius 1 is 1.53 bits per heavy atom. The van der Waals surface area contributed by atoms with Crippen LogP contribution in [0.2, 0.25) is 0 Å². The van der Waals surface area contributed by atoms with Gasteiger partial charge in [-0.15, -0.1) is 6.42 Å². The first-order chi connectivity index (χ1) is 8.27. The second-order valence-electron chi connectivity index (χ2n) is 5.20. The van der Waals surface area contributed by atoms with Gasteiger partial charge in [-0.2, -0.15) is 0 Å². The van der Waals surface area contributed by atoms with Crippen LogP contribution in [0.3, 0.4) is 0 Å². The third kappa shape index (κ3) is 2.47. The summed E-state index contributed by atoms with van der Waals surface area (Å²) in [6.45, 7) is 4.31. The minimum atomic E-state index is 0.0300. The van der Waals surface area contributed by atoms with E-state index >= 15 is 0 Å². The first kappa shape index (κ1) is 12.4. The Bertz CT molecular complexity index is 321. The van der Waals surface area contributed by atoms with Crippen LogP contribution in [0.25, 0.3) is 0 Å². The van der Waals surface area contributed by atoms with Gasteiger partial charge in [0.15, 0.2) is 0 Å². The summed E-state index contributed by atoms with van der Waals surface area (Å²) in [5.74, 6) is 4.09. The number of carbonyl (C=O) groups is 1. The highest BCUT2D eigenvalue weighted by Crippen LogP contribution is 2.38. The second kappa shape index (κ2) is 5.55. The molecule has 0 aromatic heterocycles. The predicted molar refractivity (Wildman–Crippen MR) is 68.3 cm³/mol. The van der Waals surface area contributed by atoms with E-state index in [2.05, 4.69) is 18.2 Å². The molecule has 17 heavy (non-hydrogen) atoms. The molecular formula is C14H22N2O. The number of carbonyl (C=O) groups excluding carboxylic acids is 1. The summed E-state index contributed by atoms with van der Waals surface area (Å²) < 4.78 is 0. The van der Waals surface area contributed by atoms with Crippen LogP contribution in [0.5, 0.6) is 0 Å². The zero-order chi connectivity index (χ0) is 12.3. The molecule has 1 saturated heterocycles. The SMILES string of the molecule is C#CCN(CCC)C(=O)C1NCC2CCCC21. The molecule has 2 rings (SSSR count). The zero-order valence-corrected chi connectivity index (χ0v) is 10.6. The van der Waals surface area contributed by atoms with E-state index in [9.17, 15) is 4.79 Å². The predicted octanol–water partition coefficient (Wildman–Crippen LogP) is 1.25. The number of rotatable bonds is 4. The van der Waals surface area contributed by atoms with Crippen LogP contribution in [-0.2, 0) is 4.79 Å². The van der Waals surface area contributed by atoms with Gasteiger partial charge in [-0.25, -0.2) is 0 Å². The molecular weight excluding hydrogens is 212 g/mol. The van der Waals surface area contributed by atoms with Gasteiger partial charge in [0.05, 0.1) is 12.6 Å². The normalized spacial score (nSPS) is 30.9. The van der Waals surface area contributed by atoms with Crippen molar-refractivity contribution in [2.45, 2.75) is 38.6 Å². The monoisotopic (exact) mass is 234 g/mol. The third-order valence-corrected chi connectivity index (χ3v) is 4.10. The molecule has 3 heteroatoms. The average Bonchev–Trinajstić information content (AvgIpc) is 2.89. The fourth-order valence-electron chi connectivity index (χ4n) is 3.30. The van der Waals surface area contributed by atoms with Crippen LogP contribution in [0.4, 0.5) is 0 Å². The molecule has 3 atom stereocenters. The number of terminal acetylenes is 1. The summed E-state index contributed by atoms with van der Waals surface area (Å²) in [6, 6.07) is 0.0300. The molecule has 1 heterocycles. The van der Waals surface area contributed by atoms with Crippen LogP contribution in [0.15, 0.2) is 0 Å². The molecule has 1 N–H and O–H groups in total. The van der Waals surface area contributed by atoms with Crippen LogP contribution in [0.1, 0.15) is 32.6 Å². The average molecular weight is 234 g/mol. The molecule has 1 amide bonds. The maximum atomic E-state index is 12.4. The highest BCUT2D eigenvalue weighted by molar-refractivity contribution is 5.83. The highest BCUT2D eigenvalue weighted by atomic mass is 16.2. The van der Waals surface area contributed by atoms with Crippen LogP contribution < -0.4 is 5.32 Å². The lowest BCUT2D eigenvalue weighted by atomic mass is 9.93. The van der Waals surface area contributed by atoms with Crippen molar-refractivity contribution < 1.29 is 4.79 Å². The molecule has 0 aromatic rings. The maximum Gasteiger partial charge on any atom is 0.240 e. The molecule has 1 aliphatic carbocycles. The molecule has 1 aliphatic heterocycles. The molecule has 3 nitrogen and oxygen atoms in total. The Morgan fingerprint density at radius 3 is 3.06 bits per heavy atom. The molecule has 0 spiro atoms. The van der Waals surface area contributed by atoms with Gasteiger partial charge in [-0.1, -0.05) is 19.3 Å². The Morgan fingerprint density at radius 2 is 2.35 bits per heavy atom. The van der Waals surface area contributed by atoms with Crippen molar-refractivity contribution >= 4 is 5.91 Å². The van der Waals surface area contributed by atoms with Crippen LogP contribution in [-0.4, -0.2) is 36.5 Å². The lowest BCUT2D eigenvalue weighted by molar-refractivity contribution is -0.133. The molecule has 2 aliphatic rings. The summed E-state index contributed by atoms with van der Waals surface area (Å²) in [5, 5.41) is 3.40. The Hall–Kier alpha value is -1.01. The van der Waals surface area contributed by atoms with E-state index in [1.165, 1.54) is 19.3 Å². The minimum Gasteiger partial charge on any atom is -0.330 e. The quantitative estimate of drug-likeness (QED) is 0.742. The van der Waals surface area contributed by atoms with E-state index in [0.29, 0.717) is 12.5 Å². The summed E-state index contributed by atoms with van der Waals surface area (Å²) >= 11 is 0. The molecule has 0 bridgehead atoms. The van der Waals surface area contributed by atoms with Gasteiger partial charge in [0.2, 0.25) is 5.91 Å². The molecule has 0 radical (unpaired) electrons. The first-order valence-electron chi connectivity index (χ1n) is 6.73. The van der Waals surface area contributed by atoms with Crippen LogP contribution >= 0.6 is 0 Å². The Labute approximate surface area is 104 Å². The van der Waals surface area contributed by atoms with Gasteiger partial charge >= 0.3 is 0 Å². The Kier molecular flexibility index (Phi) is 4.06. The number of nitrogens with one attached hydrogen (secondary N) is 1. The topological polar surface area (TPSA) is 32.3 Å². The van der Waals surface area contributed by atoms with Gasteiger partial charge in [-0.3, -0.25) is 4.79 Å². The lowest BCUT2D eigenvalue weighted by Gasteiger charge is -2.26. The minimum absolute atomic E-state index is 0.0300. The first-order valence-corrected chi connectivity index (χ1v) is 6.73. The molecule has 1 saturated carbocycles. The molecule has 0 aromatic carbocycles. The third-order valence-electron chi connectivity index (χ3n) is 4.10. The van der Waals surface area contributed by atoms with Crippen molar-refractivity contribution in [3.63, 3.8) is 0 Å². The van der Waals surface area contributed by atoms with Crippen molar-refractivity contribution in [3.8, 4) is 12.3 Å². The standard InChI is InChI=1S/C14H22N2O/c1-3-8-16(9-4-2)14(17)13-12-7-5-6-11(12)10-15-13/h1,11-13,15H,4-10H2,2H3. The summed E-state index contributed by atoms with van der Waals surface area (Å²) in [4.78, 5) is 14.3. The maximum absolute atomic E-state index is 12.4. The van der Waals surface area contributed by atoms with Gasteiger partial charge in [0, 0.05) is 6.54 Å².